The van der Waals surface area contributed by atoms with Crippen molar-refractivity contribution in [1.82, 2.24) is 4.72 Å². The van der Waals surface area contributed by atoms with Crippen LogP contribution in [-0.2, 0) is 16.4 Å². The second-order valence-corrected chi connectivity index (χ2v) is 8.51. The number of hydrogen-bond donors (Lipinski definition) is 1. The normalized spacial score (nSPS) is 12.3. The van der Waals surface area contributed by atoms with Crippen molar-refractivity contribution in [1.29, 1.82) is 0 Å². The molecule has 0 aliphatic rings. The van der Waals surface area contributed by atoms with E-state index in [1.165, 1.54) is 12.1 Å². The van der Waals surface area contributed by atoms with Crippen LogP contribution in [0.5, 0.6) is 5.75 Å². The van der Waals surface area contributed by atoms with Crippen molar-refractivity contribution < 1.29 is 18.1 Å². The zero-order valence-electron chi connectivity index (χ0n) is 16.4. The van der Waals surface area contributed by atoms with Gasteiger partial charge in [0.1, 0.15) is 12.4 Å². The Balaban J connectivity index is 1.82. The van der Waals surface area contributed by atoms with E-state index in [1.807, 2.05) is 48.5 Å². The molecule has 0 amide bonds. The summed E-state index contributed by atoms with van der Waals surface area (Å²) in [5, 5.41) is 11.8. The molecular formula is C22H22N2O5S. The molecule has 0 aliphatic heterocycles. The molecule has 0 spiro atoms. The fourth-order valence-electron chi connectivity index (χ4n) is 3.05. The summed E-state index contributed by atoms with van der Waals surface area (Å²) in [7, 11) is -4.13. The third-order valence-electron chi connectivity index (χ3n) is 4.39. The molecule has 30 heavy (non-hydrogen) atoms. The number of hydrogen-bond acceptors (Lipinski definition) is 5. The monoisotopic (exact) mass is 426 g/mol. The quantitative estimate of drug-likeness (QED) is 0.413. The number of nitro groups is 1. The maximum atomic E-state index is 12.9. The lowest BCUT2D eigenvalue weighted by atomic mass is 10.0. The van der Waals surface area contributed by atoms with Gasteiger partial charge in [0.25, 0.3) is 5.69 Å². The topological polar surface area (TPSA) is 98.5 Å². The lowest BCUT2D eigenvalue weighted by Gasteiger charge is -2.16. The van der Waals surface area contributed by atoms with Crippen LogP contribution in [0.15, 0.2) is 83.8 Å². The molecule has 7 nitrogen and oxygen atoms in total. The van der Waals surface area contributed by atoms with Crippen LogP contribution in [0.25, 0.3) is 0 Å². The van der Waals surface area contributed by atoms with Crippen LogP contribution >= 0.6 is 0 Å². The predicted molar refractivity (Wildman–Crippen MR) is 114 cm³/mol. The van der Waals surface area contributed by atoms with E-state index in [4.69, 9.17) is 4.74 Å². The van der Waals surface area contributed by atoms with Crippen LogP contribution < -0.4 is 9.46 Å². The van der Waals surface area contributed by atoms with Gasteiger partial charge < -0.3 is 4.74 Å². The Morgan fingerprint density at radius 1 is 0.967 bits per heavy atom. The van der Waals surface area contributed by atoms with Gasteiger partial charge in [-0.05, 0) is 30.7 Å². The first-order valence-electron chi connectivity index (χ1n) is 9.37. The molecule has 0 fully saturated rings. The highest BCUT2D eigenvalue weighted by atomic mass is 32.2. The van der Waals surface area contributed by atoms with Gasteiger partial charge in [0.15, 0.2) is 4.90 Å². The molecule has 0 radical (unpaired) electrons. The molecule has 156 valence electrons. The van der Waals surface area contributed by atoms with E-state index >= 15 is 0 Å². The second-order valence-electron chi connectivity index (χ2n) is 6.83. The summed E-state index contributed by atoms with van der Waals surface area (Å²) in [6, 6.07) is 21.9. The van der Waals surface area contributed by atoms with Gasteiger partial charge in [0.05, 0.1) is 11.0 Å². The number of nitrogens with one attached hydrogen (secondary N) is 1. The Morgan fingerprint density at radius 2 is 1.60 bits per heavy atom. The number of benzene rings is 3. The number of ether oxygens (including phenoxy) is 1. The van der Waals surface area contributed by atoms with Gasteiger partial charge >= 0.3 is 0 Å². The van der Waals surface area contributed by atoms with Crippen molar-refractivity contribution in [3.05, 3.63) is 100 Å². The van der Waals surface area contributed by atoms with Crippen molar-refractivity contribution in [3.63, 3.8) is 0 Å². The molecule has 0 aliphatic carbocycles. The zero-order chi connectivity index (χ0) is 21.6. The zero-order valence-corrected chi connectivity index (χ0v) is 17.2. The molecule has 0 saturated heterocycles. The Labute approximate surface area is 175 Å². The third kappa shape index (κ3) is 5.43. The maximum Gasteiger partial charge on any atom is 0.292 e. The number of nitrogens with zero attached hydrogens (tertiary/aromatic N) is 1. The number of rotatable bonds is 9. The number of para-hydroxylation sites is 2. The van der Waals surface area contributed by atoms with Gasteiger partial charge in [-0.25, -0.2) is 13.1 Å². The van der Waals surface area contributed by atoms with Crippen LogP contribution in [-0.4, -0.2) is 26.0 Å². The highest BCUT2D eigenvalue weighted by Crippen LogP contribution is 2.29. The summed E-state index contributed by atoms with van der Waals surface area (Å²) in [6.45, 7) is 1.72. The summed E-state index contributed by atoms with van der Waals surface area (Å²) < 4.78 is 33.9. The van der Waals surface area contributed by atoms with Crippen molar-refractivity contribution in [2.24, 2.45) is 0 Å². The fourth-order valence-corrected chi connectivity index (χ4v) is 4.49. The van der Waals surface area contributed by atoms with Gasteiger partial charge in [-0.3, -0.25) is 10.1 Å². The first-order chi connectivity index (χ1) is 14.4. The second kappa shape index (κ2) is 9.51. The largest absolute Gasteiger partial charge is 0.492 e. The Morgan fingerprint density at radius 3 is 2.23 bits per heavy atom. The van der Waals surface area contributed by atoms with Crippen LogP contribution in [0.3, 0.4) is 0 Å². The van der Waals surface area contributed by atoms with E-state index in [0.29, 0.717) is 11.3 Å². The first-order valence-corrected chi connectivity index (χ1v) is 10.9. The standard InChI is InChI=1S/C22H22N2O5S/c1-17(16-29-20-12-6-3-7-13-20)23-30(27,28)21-14-8-11-19(22(21)24(25)26)15-18-9-4-2-5-10-18/h2-14,17,23H,15-16H2,1H3. The number of nitro benzene ring substituents is 1. The van der Waals surface area contributed by atoms with Gasteiger partial charge in [-0.1, -0.05) is 60.7 Å². The van der Waals surface area contributed by atoms with Gasteiger partial charge in [-0.15, -0.1) is 0 Å². The molecule has 1 N–H and O–H groups in total. The summed E-state index contributed by atoms with van der Waals surface area (Å²) >= 11 is 0. The highest BCUT2D eigenvalue weighted by molar-refractivity contribution is 7.89. The Bertz CT molecular complexity index is 1100. The molecule has 0 bridgehead atoms. The molecule has 3 rings (SSSR count). The van der Waals surface area contributed by atoms with Crippen LogP contribution in [0.1, 0.15) is 18.1 Å². The van der Waals surface area contributed by atoms with Crippen LogP contribution in [0.4, 0.5) is 5.69 Å². The minimum Gasteiger partial charge on any atom is -0.492 e. The van der Waals surface area contributed by atoms with Gasteiger partial charge in [0, 0.05) is 12.0 Å². The minimum atomic E-state index is -4.13. The molecule has 3 aromatic rings. The molecule has 1 unspecified atom stereocenters. The number of sulfonamides is 1. The van der Waals surface area contributed by atoms with Crippen molar-refractivity contribution in [3.8, 4) is 5.75 Å². The third-order valence-corrected chi connectivity index (χ3v) is 6.01. The SMILES string of the molecule is CC(COc1ccccc1)NS(=O)(=O)c1cccc(Cc2ccccc2)c1[N+](=O)[O-]. The summed E-state index contributed by atoms with van der Waals surface area (Å²) in [5.41, 5.74) is 0.778. The average Bonchev–Trinajstić information content (AvgIpc) is 2.73. The Hall–Kier alpha value is -3.23. The molecule has 3 aromatic carbocycles. The lowest BCUT2D eigenvalue weighted by Crippen LogP contribution is -2.37. The fraction of sp³-hybridized carbons (Fsp3) is 0.182. The van der Waals surface area contributed by atoms with E-state index in [-0.39, 0.29) is 17.9 Å². The lowest BCUT2D eigenvalue weighted by molar-refractivity contribution is -0.388. The van der Waals surface area contributed by atoms with Crippen LogP contribution in [0.2, 0.25) is 0 Å². The van der Waals surface area contributed by atoms with E-state index in [1.54, 1.807) is 25.1 Å². The summed E-state index contributed by atoms with van der Waals surface area (Å²) in [5.74, 6) is 0.611. The predicted octanol–water partition coefficient (Wildman–Crippen LogP) is 3.93. The Kier molecular flexibility index (Phi) is 6.81. The smallest absolute Gasteiger partial charge is 0.292 e. The first kappa shape index (κ1) is 21.5. The molecule has 0 heterocycles. The van der Waals surface area contributed by atoms with E-state index < -0.39 is 26.7 Å². The van der Waals surface area contributed by atoms with Crippen molar-refractivity contribution >= 4 is 15.7 Å². The van der Waals surface area contributed by atoms with E-state index in [2.05, 4.69) is 4.72 Å². The maximum absolute atomic E-state index is 12.9. The molecule has 8 heteroatoms. The average molecular weight is 426 g/mol. The molecular weight excluding hydrogens is 404 g/mol. The minimum absolute atomic E-state index is 0.0841. The molecule has 0 saturated carbocycles. The van der Waals surface area contributed by atoms with E-state index in [0.717, 1.165) is 5.56 Å². The van der Waals surface area contributed by atoms with Crippen molar-refractivity contribution in [2.75, 3.05) is 6.61 Å². The van der Waals surface area contributed by atoms with E-state index in [9.17, 15) is 18.5 Å². The highest BCUT2D eigenvalue weighted by Gasteiger charge is 2.30. The molecule has 0 aromatic heterocycles. The summed E-state index contributed by atoms with van der Waals surface area (Å²) in [6.07, 6.45) is 0.257. The van der Waals surface area contributed by atoms with Gasteiger partial charge in [-0.2, -0.15) is 0 Å². The van der Waals surface area contributed by atoms with Gasteiger partial charge in [0.2, 0.25) is 10.0 Å². The van der Waals surface area contributed by atoms with Crippen LogP contribution in [0, 0.1) is 10.1 Å². The van der Waals surface area contributed by atoms with Crippen molar-refractivity contribution in [2.45, 2.75) is 24.3 Å². The molecule has 1 atom stereocenters. The summed E-state index contributed by atoms with van der Waals surface area (Å²) in [4.78, 5) is 10.8.